The molecule has 4 rings (SSSR count). The summed E-state index contributed by atoms with van der Waals surface area (Å²) < 4.78 is 5.41. The number of hydrogen-bond donors (Lipinski definition) is 0. The monoisotopic (exact) mass is 359 g/mol. The van der Waals surface area contributed by atoms with E-state index in [0.29, 0.717) is 18.4 Å². The fraction of sp³-hybridized carbons (Fsp3) is 0.292. The van der Waals surface area contributed by atoms with Crippen LogP contribution >= 0.6 is 0 Å². The first-order valence-corrected chi connectivity index (χ1v) is 9.64. The summed E-state index contributed by atoms with van der Waals surface area (Å²) in [5.74, 6) is 1.02. The van der Waals surface area contributed by atoms with Gasteiger partial charge in [-0.2, -0.15) is 0 Å². The number of fused-ring (bicyclic) bond motifs is 1. The van der Waals surface area contributed by atoms with Crippen molar-refractivity contribution >= 4 is 16.9 Å². The molecule has 1 heterocycles. The molecule has 0 N–H and O–H groups in total. The molecule has 1 amide bonds. The zero-order valence-corrected chi connectivity index (χ0v) is 15.7. The molecule has 1 aliphatic heterocycles. The average Bonchev–Trinajstić information content (AvgIpc) is 2.68. The van der Waals surface area contributed by atoms with Gasteiger partial charge in [0.05, 0.1) is 0 Å². The number of likely N-dealkylation sites (tertiary alicyclic amines) is 1. The predicted octanol–water partition coefficient (Wildman–Crippen LogP) is 5.60. The molecule has 0 aliphatic carbocycles. The first kappa shape index (κ1) is 17.6. The predicted molar refractivity (Wildman–Crippen MR) is 109 cm³/mol. The molecule has 0 unspecified atom stereocenters. The van der Waals surface area contributed by atoms with Gasteiger partial charge in [-0.1, -0.05) is 79.7 Å². The van der Waals surface area contributed by atoms with Crippen molar-refractivity contribution in [2.45, 2.75) is 25.9 Å². The molecule has 1 saturated heterocycles. The Morgan fingerprint density at radius 3 is 2.52 bits per heavy atom. The third-order valence-corrected chi connectivity index (χ3v) is 5.46. The van der Waals surface area contributed by atoms with Crippen LogP contribution in [-0.2, 0) is 11.3 Å². The number of ether oxygens (including phenoxy) is 1. The largest absolute Gasteiger partial charge is 0.445 e. The van der Waals surface area contributed by atoms with Crippen LogP contribution in [0.3, 0.4) is 0 Å². The smallest absolute Gasteiger partial charge is 0.410 e. The van der Waals surface area contributed by atoms with E-state index in [-0.39, 0.29) is 6.09 Å². The van der Waals surface area contributed by atoms with Gasteiger partial charge in [-0.05, 0) is 40.2 Å². The number of carbonyl (C=O) groups excluding carboxylic acids is 1. The van der Waals surface area contributed by atoms with Gasteiger partial charge in [-0.15, -0.1) is 0 Å². The maximum absolute atomic E-state index is 12.2. The lowest BCUT2D eigenvalue weighted by Gasteiger charge is -2.39. The highest BCUT2D eigenvalue weighted by Gasteiger charge is 2.32. The number of rotatable bonds is 5. The molecule has 3 heteroatoms. The summed E-state index contributed by atoms with van der Waals surface area (Å²) in [6, 6.07) is 24.9. The van der Waals surface area contributed by atoms with Crippen LogP contribution in [0, 0.1) is 5.92 Å². The number of nitrogens with zero attached hydrogens (tertiary/aromatic N) is 1. The summed E-state index contributed by atoms with van der Waals surface area (Å²) in [5, 5.41) is 2.63. The lowest BCUT2D eigenvalue weighted by molar-refractivity contribution is 0.0456. The van der Waals surface area contributed by atoms with Crippen molar-refractivity contribution < 1.29 is 9.53 Å². The van der Waals surface area contributed by atoms with Gasteiger partial charge in [-0.25, -0.2) is 4.79 Å². The van der Waals surface area contributed by atoms with Crippen molar-refractivity contribution in [2.75, 3.05) is 13.1 Å². The SMILES string of the molecule is C[C@@H](CC1CN(C(=O)OCc2ccccc2)C1)c1cccc2ccccc12. The van der Waals surface area contributed by atoms with Crippen molar-refractivity contribution in [1.82, 2.24) is 4.90 Å². The van der Waals surface area contributed by atoms with E-state index >= 15 is 0 Å². The van der Waals surface area contributed by atoms with Crippen molar-refractivity contribution in [3.8, 4) is 0 Å². The zero-order valence-electron chi connectivity index (χ0n) is 15.7. The van der Waals surface area contributed by atoms with Gasteiger partial charge >= 0.3 is 6.09 Å². The summed E-state index contributed by atoms with van der Waals surface area (Å²) >= 11 is 0. The Hall–Kier alpha value is -2.81. The Kier molecular flexibility index (Phi) is 5.10. The standard InChI is InChI=1S/C24H25NO2/c1-18(22-13-7-11-21-10-5-6-12-23(21)22)14-20-15-25(16-20)24(26)27-17-19-8-3-2-4-9-19/h2-13,18,20H,14-17H2,1H3/t18-/m0/s1. The van der Waals surface area contributed by atoms with E-state index in [2.05, 4.69) is 49.4 Å². The summed E-state index contributed by atoms with van der Waals surface area (Å²) in [6.07, 6.45) is 0.893. The van der Waals surface area contributed by atoms with Crippen LogP contribution in [0.25, 0.3) is 10.8 Å². The quantitative estimate of drug-likeness (QED) is 0.593. The fourth-order valence-corrected chi connectivity index (χ4v) is 3.99. The number of benzene rings is 3. The topological polar surface area (TPSA) is 29.5 Å². The van der Waals surface area contributed by atoms with Crippen LogP contribution in [0.5, 0.6) is 0 Å². The Morgan fingerprint density at radius 1 is 1.00 bits per heavy atom. The second kappa shape index (κ2) is 7.83. The van der Waals surface area contributed by atoms with Crippen LogP contribution in [0.2, 0.25) is 0 Å². The Bertz CT molecular complexity index is 911. The van der Waals surface area contributed by atoms with E-state index in [1.807, 2.05) is 35.2 Å². The minimum Gasteiger partial charge on any atom is -0.445 e. The minimum atomic E-state index is -0.201. The maximum Gasteiger partial charge on any atom is 0.410 e. The highest BCUT2D eigenvalue weighted by atomic mass is 16.6. The Morgan fingerprint density at radius 2 is 1.70 bits per heavy atom. The first-order valence-electron chi connectivity index (χ1n) is 9.64. The molecule has 3 nitrogen and oxygen atoms in total. The lowest BCUT2D eigenvalue weighted by atomic mass is 9.84. The molecule has 0 radical (unpaired) electrons. The molecule has 1 aliphatic rings. The molecule has 138 valence electrons. The van der Waals surface area contributed by atoms with Gasteiger partial charge in [0.2, 0.25) is 0 Å². The minimum absolute atomic E-state index is 0.201. The van der Waals surface area contributed by atoms with E-state index < -0.39 is 0 Å². The number of hydrogen-bond acceptors (Lipinski definition) is 2. The maximum atomic E-state index is 12.2. The van der Waals surface area contributed by atoms with Crippen LogP contribution in [0.1, 0.15) is 30.4 Å². The van der Waals surface area contributed by atoms with Gasteiger partial charge in [0, 0.05) is 13.1 Å². The van der Waals surface area contributed by atoms with E-state index in [4.69, 9.17) is 4.74 Å². The molecule has 0 aromatic heterocycles. The third kappa shape index (κ3) is 3.97. The summed E-state index contributed by atoms with van der Waals surface area (Å²) in [4.78, 5) is 14.0. The fourth-order valence-electron chi connectivity index (χ4n) is 3.99. The van der Waals surface area contributed by atoms with E-state index in [9.17, 15) is 4.79 Å². The van der Waals surface area contributed by atoms with Crippen LogP contribution in [-0.4, -0.2) is 24.1 Å². The van der Waals surface area contributed by atoms with Gasteiger partial charge in [-0.3, -0.25) is 0 Å². The molecule has 3 aromatic rings. The van der Waals surface area contributed by atoms with Crippen molar-refractivity contribution in [3.63, 3.8) is 0 Å². The molecule has 27 heavy (non-hydrogen) atoms. The molecule has 0 saturated carbocycles. The van der Waals surface area contributed by atoms with E-state index in [0.717, 1.165) is 25.1 Å². The summed E-state index contributed by atoms with van der Waals surface area (Å²) in [7, 11) is 0. The average molecular weight is 359 g/mol. The second-order valence-corrected chi connectivity index (χ2v) is 7.52. The number of amides is 1. The third-order valence-electron chi connectivity index (χ3n) is 5.46. The van der Waals surface area contributed by atoms with Gasteiger partial charge in [0.25, 0.3) is 0 Å². The second-order valence-electron chi connectivity index (χ2n) is 7.52. The molecule has 1 atom stereocenters. The van der Waals surface area contributed by atoms with Gasteiger partial charge in [0.1, 0.15) is 6.61 Å². The van der Waals surface area contributed by atoms with Crippen molar-refractivity contribution in [1.29, 1.82) is 0 Å². The number of carbonyl (C=O) groups is 1. The summed E-state index contributed by atoms with van der Waals surface area (Å²) in [5.41, 5.74) is 2.42. The van der Waals surface area contributed by atoms with Crippen LogP contribution < -0.4 is 0 Å². The molecule has 3 aromatic carbocycles. The van der Waals surface area contributed by atoms with Crippen molar-refractivity contribution in [3.05, 3.63) is 83.9 Å². The molecule has 0 spiro atoms. The zero-order chi connectivity index (χ0) is 18.6. The van der Waals surface area contributed by atoms with E-state index in [1.165, 1.54) is 16.3 Å². The molecule has 1 fully saturated rings. The lowest BCUT2D eigenvalue weighted by Crippen LogP contribution is -2.50. The van der Waals surface area contributed by atoms with Crippen LogP contribution in [0.4, 0.5) is 4.79 Å². The van der Waals surface area contributed by atoms with Gasteiger partial charge < -0.3 is 9.64 Å². The van der Waals surface area contributed by atoms with Crippen molar-refractivity contribution in [2.24, 2.45) is 5.92 Å². The molecular weight excluding hydrogens is 334 g/mol. The first-order chi connectivity index (χ1) is 13.2. The molecule has 0 bridgehead atoms. The highest BCUT2D eigenvalue weighted by Crippen LogP contribution is 2.33. The molecular formula is C24H25NO2. The summed E-state index contributed by atoms with van der Waals surface area (Å²) in [6.45, 7) is 4.22. The Balaban J connectivity index is 1.29. The van der Waals surface area contributed by atoms with Gasteiger partial charge in [0.15, 0.2) is 0 Å². The van der Waals surface area contributed by atoms with E-state index in [1.54, 1.807) is 0 Å². The van der Waals surface area contributed by atoms with Crippen LogP contribution in [0.15, 0.2) is 72.8 Å². The highest BCUT2D eigenvalue weighted by molar-refractivity contribution is 5.86. The normalized spacial score (nSPS) is 15.4. The Labute approximate surface area is 160 Å².